The van der Waals surface area contributed by atoms with E-state index in [0.717, 1.165) is 13.0 Å². The van der Waals surface area contributed by atoms with Gasteiger partial charge in [-0.1, -0.05) is 0 Å². The lowest BCUT2D eigenvalue weighted by Gasteiger charge is -2.21. The van der Waals surface area contributed by atoms with Crippen LogP contribution in [0.5, 0.6) is 0 Å². The zero-order valence-corrected chi connectivity index (χ0v) is 9.01. The van der Waals surface area contributed by atoms with Crippen molar-refractivity contribution in [1.29, 1.82) is 0 Å². The summed E-state index contributed by atoms with van der Waals surface area (Å²) >= 11 is 5.35. The van der Waals surface area contributed by atoms with Crippen LogP contribution in [0.25, 0.3) is 0 Å². The van der Waals surface area contributed by atoms with Crippen molar-refractivity contribution in [1.82, 2.24) is 10.2 Å². The number of likely N-dealkylation sites (tertiary alicyclic amines) is 1. The molecule has 5 heteroatoms. The van der Waals surface area contributed by atoms with Crippen molar-refractivity contribution in [2.75, 3.05) is 19.0 Å². The number of carbonyl (C=O) groups excluding carboxylic acids is 2. The molecule has 0 aromatic heterocycles. The van der Waals surface area contributed by atoms with Gasteiger partial charge in [0.2, 0.25) is 11.8 Å². The molecule has 1 atom stereocenters. The highest BCUT2D eigenvalue weighted by atomic mass is 35.5. The molecule has 0 radical (unpaired) electrons. The Balaban J connectivity index is 2.29. The summed E-state index contributed by atoms with van der Waals surface area (Å²) in [5, 5.41) is 2.71. The number of halogens is 1. The Morgan fingerprint density at radius 3 is 2.93 bits per heavy atom. The maximum absolute atomic E-state index is 11.3. The van der Waals surface area contributed by atoms with E-state index in [-0.39, 0.29) is 23.7 Å². The monoisotopic (exact) mass is 218 g/mol. The standard InChI is InChI=1S/C9H15ClN2O2/c1-7(11-8(13)5-10)6-12-4-2-3-9(12)14/h7H,2-6H2,1H3,(H,11,13). The predicted molar refractivity (Wildman–Crippen MR) is 54.1 cm³/mol. The molecule has 1 N–H and O–H groups in total. The van der Waals surface area contributed by atoms with Gasteiger partial charge in [-0.15, -0.1) is 11.6 Å². The van der Waals surface area contributed by atoms with Crippen LogP contribution < -0.4 is 5.32 Å². The van der Waals surface area contributed by atoms with Gasteiger partial charge in [0.05, 0.1) is 0 Å². The largest absolute Gasteiger partial charge is 0.351 e. The van der Waals surface area contributed by atoms with Crippen molar-refractivity contribution in [2.45, 2.75) is 25.8 Å². The Morgan fingerprint density at radius 1 is 1.71 bits per heavy atom. The molecule has 1 aliphatic heterocycles. The molecule has 4 nitrogen and oxygen atoms in total. The molecule has 0 spiro atoms. The number of nitrogens with zero attached hydrogens (tertiary/aromatic N) is 1. The first-order valence-electron chi connectivity index (χ1n) is 4.76. The van der Waals surface area contributed by atoms with Crippen LogP contribution in [0.4, 0.5) is 0 Å². The highest BCUT2D eigenvalue weighted by molar-refractivity contribution is 6.27. The quantitative estimate of drug-likeness (QED) is 0.693. The second-order valence-corrected chi connectivity index (χ2v) is 3.81. The maximum atomic E-state index is 11.3. The van der Waals surface area contributed by atoms with Crippen LogP contribution in [0.3, 0.4) is 0 Å². The second-order valence-electron chi connectivity index (χ2n) is 3.55. The number of amides is 2. The van der Waals surface area contributed by atoms with Crippen LogP contribution in [0.1, 0.15) is 19.8 Å². The Labute approximate surface area is 88.6 Å². The summed E-state index contributed by atoms with van der Waals surface area (Å²) in [6.07, 6.45) is 1.56. The Kier molecular flexibility index (Phi) is 4.20. The molecule has 0 bridgehead atoms. The molecule has 1 heterocycles. The molecule has 2 amide bonds. The summed E-state index contributed by atoms with van der Waals surface area (Å²) in [6.45, 7) is 3.26. The number of carbonyl (C=O) groups is 2. The highest BCUT2D eigenvalue weighted by Gasteiger charge is 2.21. The average molecular weight is 219 g/mol. The maximum Gasteiger partial charge on any atom is 0.235 e. The van der Waals surface area contributed by atoms with Gasteiger partial charge < -0.3 is 10.2 Å². The number of rotatable bonds is 4. The number of hydrogen-bond acceptors (Lipinski definition) is 2. The Morgan fingerprint density at radius 2 is 2.43 bits per heavy atom. The Hall–Kier alpha value is -0.770. The normalized spacial score (nSPS) is 18.4. The summed E-state index contributed by atoms with van der Waals surface area (Å²) in [5.41, 5.74) is 0. The third kappa shape index (κ3) is 3.18. The average Bonchev–Trinajstić information content (AvgIpc) is 2.51. The molecule has 1 fully saturated rings. The minimum Gasteiger partial charge on any atom is -0.351 e. The van der Waals surface area contributed by atoms with E-state index >= 15 is 0 Å². The molecule has 0 aliphatic carbocycles. The van der Waals surface area contributed by atoms with Gasteiger partial charge in [-0.05, 0) is 13.3 Å². The number of hydrogen-bond donors (Lipinski definition) is 1. The summed E-state index contributed by atoms with van der Waals surface area (Å²) in [4.78, 5) is 24.0. The first kappa shape index (κ1) is 11.3. The number of nitrogens with one attached hydrogen (secondary N) is 1. The van der Waals surface area contributed by atoms with Crippen molar-refractivity contribution in [3.63, 3.8) is 0 Å². The molecule has 14 heavy (non-hydrogen) atoms. The predicted octanol–water partition coefficient (Wildman–Crippen LogP) is 0.352. The lowest BCUT2D eigenvalue weighted by molar-refractivity contribution is -0.128. The molecule has 80 valence electrons. The van der Waals surface area contributed by atoms with Crippen LogP contribution in [0.15, 0.2) is 0 Å². The van der Waals surface area contributed by atoms with Crippen molar-refractivity contribution >= 4 is 23.4 Å². The van der Waals surface area contributed by atoms with Gasteiger partial charge in [-0.2, -0.15) is 0 Å². The zero-order valence-electron chi connectivity index (χ0n) is 8.25. The molecule has 0 aromatic carbocycles. The van der Waals surface area contributed by atoms with Crippen LogP contribution in [0, 0.1) is 0 Å². The van der Waals surface area contributed by atoms with Gasteiger partial charge >= 0.3 is 0 Å². The lowest BCUT2D eigenvalue weighted by Crippen LogP contribution is -2.42. The third-order valence-corrected chi connectivity index (χ3v) is 2.44. The van der Waals surface area contributed by atoms with Crippen LogP contribution >= 0.6 is 11.6 Å². The number of alkyl halides is 1. The summed E-state index contributed by atoms with van der Waals surface area (Å²) in [5.74, 6) is -0.0408. The third-order valence-electron chi connectivity index (χ3n) is 2.19. The minimum atomic E-state index is -0.189. The van der Waals surface area contributed by atoms with E-state index in [4.69, 9.17) is 11.6 Å². The van der Waals surface area contributed by atoms with E-state index in [0.29, 0.717) is 13.0 Å². The van der Waals surface area contributed by atoms with Gasteiger partial charge in [-0.25, -0.2) is 0 Å². The van der Waals surface area contributed by atoms with Gasteiger partial charge in [0, 0.05) is 25.6 Å². The topological polar surface area (TPSA) is 49.4 Å². The fourth-order valence-electron chi connectivity index (χ4n) is 1.59. The van der Waals surface area contributed by atoms with E-state index < -0.39 is 0 Å². The molecule has 0 saturated carbocycles. The Bertz CT molecular complexity index is 233. The van der Waals surface area contributed by atoms with Crippen molar-refractivity contribution in [2.24, 2.45) is 0 Å². The van der Waals surface area contributed by atoms with Crippen LogP contribution in [-0.2, 0) is 9.59 Å². The van der Waals surface area contributed by atoms with E-state index in [1.165, 1.54) is 0 Å². The van der Waals surface area contributed by atoms with Crippen LogP contribution in [0.2, 0.25) is 0 Å². The fraction of sp³-hybridized carbons (Fsp3) is 0.778. The van der Waals surface area contributed by atoms with E-state index in [1.807, 2.05) is 6.92 Å². The smallest absolute Gasteiger partial charge is 0.235 e. The van der Waals surface area contributed by atoms with Gasteiger partial charge in [-0.3, -0.25) is 9.59 Å². The first-order chi connectivity index (χ1) is 6.63. The summed E-state index contributed by atoms with van der Waals surface area (Å²) in [6, 6.07) is -0.0247. The fourth-order valence-corrected chi connectivity index (χ4v) is 1.66. The van der Waals surface area contributed by atoms with E-state index in [1.54, 1.807) is 4.90 Å². The van der Waals surface area contributed by atoms with Crippen molar-refractivity contribution in [3.8, 4) is 0 Å². The molecular formula is C9H15ClN2O2. The molecule has 1 saturated heterocycles. The van der Waals surface area contributed by atoms with Gasteiger partial charge in [0.1, 0.15) is 5.88 Å². The van der Waals surface area contributed by atoms with Crippen LogP contribution in [-0.4, -0.2) is 41.7 Å². The minimum absolute atomic E-state index is 0.0247. The summed E-state index contributed by atoms with van der Waals surface area (Å²) < 4.78 is 0. The molecule has 1 aliphatic rings. The zero-order chi connectivity index (χ0) is 10.6. The van der Waals surface area contributed by atoms with E-state index in [2.05, 4.69) is 5.32 Å². The molecule has 1 rings (SSSR count). The van der Waals surface area contributed by atoms with Gasteiger partial charge in [0.25, 0.3) is 0 Å². The van der Waals surface area contributed by atoms with E-state index in [9.17, 15) is 9.59 Å². The van der Waals surface area contributed by atoms with Crippen molar-refractivity contribution in [3.05, 3.63) is 0 Å². The summed E-state index contributed by atoms with van der Waals surface area (Å²) in [7, 11) is 0. The highest BCUT2D eigenvalue weighted by Crippen LogP contribution is 2.09. The second kappa shape index (κ2) is 5.20. The van der Waals surface area contributed by atoms with Crippen molar-refractivity contribution < 1.29 is 9.59 Å². The molecule has 1 unspecified atom stereocenters. The SMILES string of the molecule is CC(CN1CCCC1=O)NC(=O)CCl. The molecular weight excluding hydrogens is 204 g/mol. The van der Waals surface area contributed by atoms with Gasteiger partial charge in [0.15, 0.2) is 0 Å². The lowest BCUT2D eigenvalue weighted by atomic mass is 10.3. The molecule has 0 aromatic rings. The first-order valence-corrected chi connectivity index (χ1v) is 5.30.